The van der Waals surface area contributed by atoms with E-state index in [0.29, 0.717) is 5.69 Å². The summed E-state index contributed by atoms with van der Waals surface area (Å²) in [5, 5.41) is 6.62. The van der Waals surface area contributed by atoms with Gasteiger partial charge < -0.3 is 10.2 Å². The van der Waals surface area contributed by atoms with Gasteiger partial charge in [0.25, 0.3) is 15.9 Å². The number of sulfonamides is 1. The number of aryl methyl sites for hydroxylation is 1. The minimum Gasteiger partial charge on any atom is -0.331 e. The van der Waals surface area contributed by atoms with Gasteiger partial charge in [0.1, 0.15) is 0 Å². The molecule has 1 aromatic rings. The molecule has 3 heterocycles. The van der Waals surface area contributed by atoms with Gasteiger partial charge in [0.2, 0.25) is 0 Å². The smallest absolute Gasteiger partial charge is 0.259 e. The standard InChI is InChI=1S/C12H13N5O3S/c1-16-8-9(7-13-16)14-12(18)10-3-2-4-17-5-6-21(19,20)15-11(10)17/h2-4,7-8H,5-6H2,1H3,(H,14,18). The molecule has 0 radical (unpaired) electrons. The molecule has 1 aromatic heterocycles. The van der Waals surface area contributed by atoms with Crippen molar-refractivity contribution in [1.82, 2.24) is 14.7 Å². The van der Waals surface area contributed by atoms with E-state index in [4.69, 9.17) is 0 Å². The summed E-state index contributed by atoms with van der Waals surface area (Å²) in [5.41, 5.74) is 0.744. The van der Waals surface area contributed by atoms with Crippen molar-refractivity contribution in [3.63, 3.8) is 0 Å². The summed E-state index contributed by atoms with van der Waals surface area (Å²) >= 11 is 0. The Hall–Kier alpha value is -2.42. The second-order valence-corrected chi connectivity index (χ2v) is 6.43. The number of amidine groups is 1. The lowest BCUT2D eigenvalue weighted by molar-refractivity contribution is -0.112. The fourth-order valence-electron chi connectivity index (χ4n) is 2.08. The summed E-state index contributed by atoms with van der Waals surface area (Å²) in [6, 6.07) is 0. The predicted molar refractivity (Wildman–Crippen MR) is 77.0 cm³/mol. The van der Waals surface area contributed by atoms with E-state index in [-0.39, 0.29) is 23.7 Å². The molecule has 1 N–H and O–H groups in total. The minimum atomic E-state index is -3.51. The monoisotopic (exact) mass is 307 g/mol. The predicted octanol–water partition coefficient (Wildman–Crippen LogP) is -0.144. The Kier molecular flexibility index (Phi) is 3.13. The second kappa shape index (κ2) is 4.85. The van der Waals surface area contributed by atoms with Gasteiger partial charge >= 0.3 is 0 Å². The van der Waals surface area contributed by atoms with Gasteiger partial charge in [0.15, 0.2) is 5.84 Å². The molecule has 110 valence electrons. The van der Waals surface area contributed by atoms with Crippen LogP contribution in [0, 0.1) is 0 Å². The van der Waals surface area contributed by atoms with Gasteiger partial charge in [-0.25, -0.2) is 8.42 Å². The molecule has 3 rings (SSSR count). The third kappa shape index (κ3) is 2.72. The molecule has 0 bridgehead atoms. The van der Waals surface area contributed by atoms with Gasteiger partial charge in [-0.3, -0.25) is 9.48 Å². The van der Waals surface area contributed by atoms with Gasteiger partial charge in [-0.1, -0.05) is 0 Å². The Bertz CT molecular complexity index is 788. The zero-order valence-corrected chi connectivity index (χ0v) is 12.0. The Labute approximate surface area is 121 Å². The van der Waals surface area contributed by atoms with Crippen LogP contribution in [0.4, 0.5) is 5.69 Å². The van der Waals surface area contributed by atoms with Crippen LogP contribution in [0.3, 0.4) is 0 Å². The maximum atomic E-state index is 12.3. The molecule has 0 aliphatic carbocycles. The summed E-state index contributed by atoms with van der Waals surface area (Å²) in [6.45, 7) is 0.287. The van der Waals surface area contributed by atoms with Crippen LogP contribution in [0.15, 0.2) is 40.7 Å². The summed E-state index contributed by atoms with van der Waals surface area (Å²) in [4.78, 5) is 13.9. The molecule has 0 saturated heterocycles. The lowest BCUT2D eigenvalue weighted by atomic mass is 10.1. The zero-order chi connectivity index (χ0) is 15.0. The highest BCUT2D eigenvalue weighted by atomic mass is 32.2. The van der Waals surface area contributed by atoms with Crippen LogP contribution in [-0.4, -0.2) is 47.1 Å². The maximum Gasteiger partial charge on any atom is 0.259 e. The number of fused-ring (bicyclic) bond motifs is 1. The van der Waals surface area contributed by atoms with Crippen LogP contribution in [0.25, 0.3) is 0 Å². The molecule has 0 saturated carbocycles. The molecule has 0 spiro atoms. The Balaban J connectivity index is 1.90. The average Bonchev–Trinajstić information content (AvgIpc) is 2.82. The number of hydrogen-bond acceptors (Lipinski definition) is 5. The zero-order valence-electron chi connectivity index (χ0n) is 11.2. The molecule has 2 aliphatic rings. The van der Waals surface area contributed by atoms with Crippen molar-refractivity contribution < 1.29 is 13.2 Å². The van der Waals surface area contributed by atoms with E-state index in [1.165, 1.54) is 6.20 Å². The van der Waals surface area contributed by atoms with Crippen molar-refractivity contribution in [3.05, 3.63) is 36.3 Å². The highest BCUT2D eigenvalue weighted by molar-refractivity contribution is 7.90. The van der Waals surface area contributed by atoms with E-state index in [1.54, 1.807) is 41.2 Å². The van der Waals surface area contributed by atoms with Crippen molar-refractivity contribution >= 4 is 27.5 Å². The van der Waals surface area contributed by atoms with E-state index < -0.39 is 15.9 Å². The molecule has 8 nitrogen and oxygen atoms in total. The number of aromatic nitrogens is 2. The van der Waals surface area contributed by atoms with E-state index in [0.717, 1.165) is 0 Å². The van der Waals surface area contributed by atoms with Crippen molar-refractivity contribution in [1.29, 1.82) is 0 Å². The van der Waals surface area contributed by atoms with E-state index in [2.05, 4.69) is 14.8 Å². The average molecular weight is 307 g/mol. The van der Waals surface area contributed by atoms with Gasteiger partial charge in [0, 0.05) is 26.0 Å². The van der Waals surface area contributed by atoms with Crippen LogP contribution in [0.1, 0.15) is 0 Å². The van der Waals surface area contributed by atoms with Crippen LogP contribution in [0.5, 0.6) is 0 Å². The number of rotatable bonds is 2. The quantitative estimate of drug-likeness (QED) is 0.820. The Morgan fingerprint density at radius 1 is 1.43 bits per heavy atom. The van der Waals surface area contributed by atoms with E-state index >= 15 is 0 Å². The number of nitrogens with one attached hydrogen (secondary N) is 1. The third-order valence-electron chi connectivity index (χ3n) is 3.06. The van der Waals surface area contributed by atoms with Gasteiger partial charge in [-0.2, -0.15) is 5.10 Å². The lowest BCUT2D eigenvalue weighted by Crippen LogP contribution is -2.40. The first kappa shape index (κ1) is 13.6. The van der Waals surface area contributed by atoms with Crippen LogP contribution in [0.2, 0.25) is 0 Å². The fraction of sp³-hybridized carbons (Fsp3) is 0.250. The highest BCUT2D eigenvalue weighted by Crippen LogP contribution is 2.19. The van der Waals surface area contributed by atoms with Gasteiger partial charge in [-0.05, 0) is 12.2 Å². The van der Waals surface area contributed by atoms with Gasteiger partial charge in [0.05, 0.1) is 23.2 Å². The lowest BCUT2D eigenvalue weighted by Gasteiger charge is -2.28. The topological polar surface area (TPSA) is 96.7 Å². The van der Waals surface area contributed by atoms with Crippen LogP contribution < -0.4 is 5.32 Å². The molecule has 1 amide bonds. The highest BCUT2D eigenvalue weighted by Gasteiger charge is 2.29. The summed E-state index contributed by atoms with van der Waals surface area (Å²) in [5.74, 6) is -0.323. The first-order valence-corrected chi connectivity index (χ1v) is 7.84. The Morgan fingerprint density at radius 2 is 2.24 bits per heavy atom. The summed E-state index contributed by atoms with van der Waals surface area (Å²) in [7, 11) is -1.78. The van der Waals surface area contributed by atoms with Crippen molar-refractivity contribution in [2.75, 3.05) is 17.6 Å². The molecular weight excluding hydrogens is 294 g/mol. The second-order valence-electron chi connectivity index (χ2n) is 4.67. The largest absolute Gasteiger partial charge is 0.331 e. The Morgan fingerprint density at radius 3 is 2.95 bits per heavy atom. The maximum absolute atomic E-state index is 12.3. The molecule has 21 heavy (non-hydrogen) atoms. The van der Waals surface area contributed by atoms with Crippen LogP contribution >= 0.6 is 0 Å². The third-order valence-corrected chi connectivity index (χ3v) is 4.21. The van der Waals surface area contributed by atoms with Crippen molar-refractivity contribution in [2.45, 2.75) is 0 Å². The number of allylic oxidation sites excluding steroid dienone is 2. The SMILES string of the molecule is Cn1cc(NC(=O)C2=CC=CN3CCS(=O)(=O)N=C23)cn1. The first-order chi connectivity index (χ1) is 9.94. The number of amides is 1. The number of carbonyl (C=O) groups excluding carboxylic acids is 1. The number of nitrogens with zero attached hydrogens (tertiary/aromatic N) is 4. The number of hydrogen-bond donors (Lipinski definition) is 1. The molecule has 9 heteroatoms. The molecule has 0 atom stereocenters. The van der Waals surface area contributed by atoms with E-state index in [1.807, 2.05) is 0 Å². The van der Waals surface area contributed by atoms with Crippen molar-refractivity contribution in [2.24, 2.45) is 11.4 Å². The normalized spacial score (nSPS) is 19.6. The molecular formula is C12H13N5O3S. The van der Waals surface area contributed by atoms with Crippen molar-refractivity contribution in [3.8, 4) is 0 Å². The molecule has 0 fully saturated rings. The first-order valence-electron chi connectivity index (χ1n) is 6.23. The number of carbonyl (C=O) groups is 1. The molecule has 0 aromatic carbocycles. The summed E-state index contributed by atoms with van der Waals surface area (Å²) in [6.07, 6.45) is 8.09. The minimum absolute atomic E-state index is 0.0572. The van der Waals surface area contributed by atoms with Crippen LogP contribution in [-0.2, 0) is 21.9 Å². The van der Waals surface area contributed by atoms with Gasteiger partial charge in [-0.15, -0.1) is 4.40 Å². The molecule has 0 unspecified atom stereocenters. The van der Waals surface area contributed by atoms with E-state index in [9.17, 15) is 13.2 Å². The fourth-order valence-corrected chi connectivity index (χ4v) is 3.06. The molecule has 2 aliphatic heterocycles. The summed E-state index contributed by atoms with van der Waals surface area (Å²) < 4.78 is 28.5. The number of anilines is 1.